The van der Waals surface area contributed by atoms with Crippen LogP contribution in [0.1, 0.15) is 0 Å². The van der Waals surface area contributed by atoms with Gasteiger partial charge in [-0.1, -0.05) is 17.8 Å². The van der Waals surface area contributed by atoms with Gasteiger partial charge in [-0.05, 0) is 0 Å². The molecule has 5 nitrogen and oxygen atoms in total. The van der Waals surface area contributed by atoms with E-state index in [0.717, 1.165) is 17.7 Å². The number of carbonyl (C=O) groups is 2. The molecule has 1 saturated heterocycles. The Morgan fingerprint density at radius 3 is 2.68 bits per heavy atom. The SMILES string of the molecule is C=CCNC1=N[C@H]2[C@@H](S1)S[C@@H](CO)[C@H](C=O)[C@H]2C=O. The molecule has 0 aromatic heterocycles. The van der Waals surface area contributed by atoms with Crippen molar-refractivity contribution in [2.24, 2.45) is 16.8 Å². The van der Waals surface area contributed by atoms with E-state index in [0.29, 0.717) is 6.54 Å². The Morgan fingerprint density at radius 2 is 2.11 bits per heavy atom. The number of aliphatic imine (C=N–C) groups is 1. The molecule has 0 saturated carbocycles. The van der Waals surface area contributed by atoms with Gasteiger partial charge in [-0.2, -0.15) is 0 Å². The molecule has 0 aromatic carbocycles. The van der Waals surface area contributed by atoms with Crippen LogP contribution in [0.2, 0.25) is 0 Å². The molecule has 0 bridgehead atoms. The first-order chi connectivity index (χ1) is 9.24. The number of nitrogens with zero attached hydrogens (tertiary/aromatic N) is 1. The van der Waals surface area contributed by atoms with Crippen LogP contribution in [0, 0.1) is 11.8 Å². The minimum Gasteiger partial charge on any atom is -0.395 e. The van der Waals surface area contributed by atoms with Crippen molar-refractivity contribution >= 4 is 41.3 Å². The predicted molar refractivity (Wildman–Crippen MR) is 78.4 cm³/mol. The van der Waals surface area contributed by atoms with Crippen molar-refractivity contribution in [1.29, 1.82) is 0 Å². The topological polar surface area (TPSA) is 78.8 Å². The highest BCUT2D eigenvalue weighted by atomic mass is 32.2. The number of hydrogen-bond donors (Lipinski definition) is 2. The summed E-state index contributed by atoms with van der Waals surface area (Å²) in [5, 5.41) is 13.0. The van der Waals surface area contributed by atoms with Crippen molar-refractivity contribution in [2.75, 3.05) is 13.2 Å². The first-order valence-electron chi connectivity index (χ1n) is 6.01. The maximum absolute atomic E-state index is 11.3. The molecular formula is C12H16N2O3S2. The van der Waals surface area contributed by atoms with Gasteiger partial charge in [0.1, 0.15) is 12.6 Å². The van der Waals surface area contributed by atoms with Crippen LogP contribution in [0.4, 0.5) is 0 Å². The number of aldehydes is 2. The lowest BCUT2D eigenvalue weighted by molar-refractivity contribution is -0.120. The summed E-state index contributed by atoms with van der Waals surface area (Å²) in [4.78, 5) is 27.0. The van der Waals surface area contributed by atoms with E-state index in [1.165, 1.54) is 11.8 Å². The fraction of sp³-hybridized carbons (Fsp3) is 0.583. The second-order valence-corrected chi connectivity index (χ2v) is 7.18. The third-order valence-electron chi connectivity index (χ3n) is 3.24. The molecule has 2 aliphatic heterocycles. The Balaban J connectivity index is 2.16. The standard InChI is InChI=1S/C12H16N2O3S2/c1-2-3-13-12-14-10-8(5-16)7(4-15)9(6-17)18-11(10)19-12/h2,4-5,7-11,17H,1,3,6H2,(H,13,14)/t7-,8-,9+,10-,11-/m1/s1. The number of hydrogen-bond acceptors (Lipinski definition) is 7. The van der Waals surface area contributed by atoms with Gasteiger partial charge in [-0.3, -0.25) is 4.99 Å². The lowest BCUT2D eigenvalue weighted by Crippen LogP contribution is -2.45. The Morgan fingerprint density at radius 1 is 1.37 bits per heavy atom. The molecule has 2 N–H and O–H groups in total. The summed E-state index contributed by atoms with van der Waals surface area (Å²) in [5.41, 5.74) is 0. The van der Waals surface area contributed by atoms with E-state index in [4.69, 9.17) is 0 Å². The van der Waals surface area contributed by atoms with Gasteiger partial charge in [0.05, 0.1) is 17.2 Å². The number of fused-ring (bicyclic) bond motifs is 1. The number of amidine groups is 1. The summed E-state index contributed by atoms with van der Waals surface area (Å²) < 4.78 is 0.0795. The van der Waals surface area contributed by atoms with Crippen LogP contribution in [0.25, 0.3) is 0 Å². The lowest BCUT2D eigenvalue weighted by Gasteiger charge is -2.37. The van der Waals surface area contributed by atoms with Gasteiger partial charge in [0.15, 0.2) is 5.17 Å². The molecular weight excluding hydrogens is 284 g/mol. The fourth-order valence-corrected chi connectivity index (χ4v) is 5.42. The van der Waals surface area contributed by atoms with Crippen LogP contribution in [0.15, 0.2) is 17.6 Å². The Bertz CT molecular complexity index is 402. The molecule has 5 atom stereocenters. The minimum atomic E-state index is -0.461. The van der Waals surface area contributed by atoms with E-state index in [9.17, 15) is 14.7 Å². The summed E-state index contributed by atoms with van der Waals surface area (Å²) in [7, 11) is 0. The second kappa shape index (κ2) is 6.58. The first kappa shape index (κ1) is 14.6. The van der Waals surface area contributed by atoms with Gasteiger partial charge in [0.25, 0.3) is 0 Å². The molecule has 7 heteroatoms. The number of nitrogens with one attached hydrogen (secondary N) is 1. The van der Waals surface area contributed by atoms with Crippen molar-refractivity contribution < 1.29 is 14.7 Å². The third-order valence-corrected chi connectivity index (χ3v) is 6.21. The number of aliphatic hydroxyl groups is 1. The molecule has 0 aliphatic carbocycles. The van der Waals surface area contributed by atoms with Gasteiger partial charge in [0, 0.05) is 23.6 Å². The molecule has 0 aromatic rings. The molecule has 2 rings (SSSR count). The summed E-state index contributed by atoms with van der Waals surface area (Å²) >= 11 is 3.09. The normalized spacial score (nSPS) is 37.1. The summed E-state index contributed by atoms with van der Waals surface area (Å²) in [6, 6.07) is -0.196. The summed E-state index contributed by atoms with van der Waals surface area (Å²) in [6.07, 6.45) is 3.32. The van der Waals surface area contributed by atoms with Crippen LogP contribution in [0.5, 0.6) is 0 Å². The summed E-state index contributed by atoms with van der Waals surface area (Å²) in [5.74, 6) is -0.909. The van der Waals surface area contributed by atoms with Gasteiger partial charge in [-0.15, -0.1) is 18.3 Å². The maximum atomic E-state index is 11.3. The largest absolute Gasteiger partial charge is 0.395 e. The van der Waals surface area contributed by atoms with E-state index in [1.807, 2.05) is 0 Å². The molecule has 2 heterocycles. The molecule has 0 unspecified atom stereocenters. The van der Waals surface area contributed by atoms with E-state index in [-0.39, 0.29) is 22.5 Å². The molecule has 0 amide bonds. The van der Waals surface area contributed by atoms with E-state index in [2.05, 4.69) is 16.9 Å². The van der Waals surface area contributed by atoms with Crippen molar-refractivity contribution in [1.82, 2.24) is 5.32 Å². The first-order valence-corrected chi connectivity index (χ1v) is 7.83. The van der Waals surface area contributed by atoms with Crippen LogP contribution in [0.3, 0.4) is 0 Å². The van der Waals surface area contributed by atoms with Gasteiger partial charge in [-0.25, -0.2) is 0 Å². The number of rotatable bonds is 5. The average molecular weight is 300 g/mol. The third kappa shape index (κ3) is 2.88. The monoisotopic (exact) mass is 300 g/mol. The van der Waals surface area contributed by atoms with E-state index >= 15 is 0 Å². The van der Waals surface area contributed by atoms with E-state index < -0.39 is 11.8 Å². The molecule has 1 fully saturated rings. The van der Waals surface area contributed by atoms with Gasteiger partial charge >= 0.3 is 0 Å². The molecule has 19 heavy (non-hydrogen) atoms. The Labute approximate surface area is 120 Å². The lowest BCUT2D eigenvalue weighted by atomic mass is 9.86. The predicted octanol–water partition coefficient (Wildman–Crippen LogP) is 0.297. The highest BCUT2D eigenvalue weighted by molar-refractivity contribution is 8.25. The van der Waals surface area contributed by atoms with Crippen molar-refractivity contribution in [3.63, 3.8) is 0 Å². The molecule has 2 aliphatic rings. The number of aliphatic hydroxyl groups excluding tert-OH is 1. The molecule has 104 valence electrons. The fourth-order valence-electron chi connectivity index (χ4n) is 2.28. The average Bonchev–Trinajstić information content (AvgIpc) is 2.85. The minimum absolute atomic E-state index is 0.0795. The zero-order valence-electron chi connectivity index (χ0n) is 10.3. The van der Waals surface area contributed by atoms with Crippen LogP contribution >= 0.6 is 23.5 Å². The maximum Gasteiger partial charge on any atom is 0.158 e. The summed E-state index contributed by atoms with van der Waals surface area (Å²) in [6.45, 7) is 4.14. The highest BCUT2D eigenvalue weighted by Gasteiger charge is 2.48. The van der Waals surface area contributed by atoms with Crippen molar-refractivity contribution in [2.45, 2.75) is 15.9 Å². The van der Waals surface area contributed by atoms with Crippen molar-refractivity contribution in [3.8, 4) is 0 Å². The molecule has 0 radical (unpaired) electrons. The quantitative estimate of drug-likeness (QED) is 0.561. The zero-order chi connectivity index (χ0) is 13.8. The number of thioether (sulfide) groups is 2. The van der Waals surface area contributed by atoms with Crippen LogP contribution < -0.4 is 5.32 Å². The molecule has 0 spiro atoms. The van der Waals surface area contributed by atoms with Gasteiger partial charge in [0.2, 0.25) is 0 Å². The zero-order valence-corrected chi connectivity index (χ0v) is 11.9. The van der Waals surface area contributed by atoms with Crippen molar-refractivity contribution in [3.05, 3.63) is 12.7 Å². The Hall–Kier alpha value is -0.790. The Kier molecular flexibility index (Phi) is 5.06. The van der Waals surface area contributed by atoms with Crippen LogP contribution in [-0.2, 0) is 9.59 Å². The van der Waals surface area contributed by atoms with Crippen LogP contribution in [-0.4, -0.2) is 51.9 Å². The smallest absolute Gasteiger partial charge is 0.158 e. The van der Waals surface area contributed by atoms with Gasteiger partial charge < -0.3 is 20.0 Å². The van der Waals surface area contributed by atoms with E-state index in [1.54, 1.807) is 17.8 Å². The number of carbonyl (C=O) groups excluding carboxylic acids is 2. The second-order valence-electron chi connectivity index (χ2n) is 4.36. The highest BCUT2D eigenvalue weighted by Crippen LogP contribution is 2.47.